The van der Waals surface area contributed by atoms with E-state index in [1.54, 1.807) is 6.07 Å². The molecule has 112 valence electrons. The number of aromatic nitrogens is 2. The minimum Gasteiger partial charge on any atom is -0.369 e. The van der Waals surface area contributed by atoms with E-state index in [1.165, 1.54) is 12.1 Å². The fourth-order valence-electron chi connectivity index (χ4n) is 2.09. The summed E-state index contributed by atoms with van der Waals surface area (Å²) in [4.78, 5) is 9.27. The van der Waals surface area contributed by atoms with Gasteiger partial charge in [-0.3, -0.25) is 0 Å². The quantitative estimate of drug-likeness (QED) is 0.748. The smallest absolute Gasteiger partial charge is 0.162 e. The van der Waals surface area contributed by atoms with Crippen molar-refractivity contribution in [1.82, 2.24) is 9.97 Å². The van der Waals surface area contributed by atoms with Crippen LogP contribution in [0.5, 0.6) is 0 Å². The number of aryl methyl sites for hydroxylation is 2. The monoisotopic (exact) mass is 399 g/mol. The Morgan fingerprint density at radius 1 is 1.24 bits per heavy atom. The maximum atomic E-state index is 13.3. The van der Waals surface area contributed by atoms with E-state index in [0.717, 1.165) is 45.6 Å². The van der Waals surface area contributed by atoms with E-state index in [-0.39, 0.29) is 5.82 Å². The van der Waals surface area contributed by atoms with E-state index < -0.39 is 0 Å². The number of nitrogens with zero attached hydrogens (tertiary/aromatic N) is 2. The topological polar surface area (TPSA) is 37.8 Å². The molecule has 0 aliphatic heterocycles. The third-order valence-electron chi connectivity index (χ3n) is 3.23. The van der Waals surface area contributed by atoms with Gasteiger partial charge in [0.25, 0.3) is 0 Å². The Morgan fingerprint density at radius 3 is 2.62 bits per heavy atom. The van der Waals surface area contributed by atoms with Crippen LogP contribution in [0, 0.1) is 16.3 Å². The van der Waals surface area contributed by atoms with Gasteiger partial charge in [-0.25, -0.2) is 14.4 Å². The number of benzene rings is 1. The Kier molecular flexibility index (Phi) is 5.50. The van der Waals surface area contributed by atoms with Gasteiger partial charge in [-0.15, -0.1) is 0 Å². The molecule has 3 nitrogen and oxygen atoms in total. The van der Waals surface area contributed by atoms with Crippen molar-refractivity contribution in [3.63, 3.8) is 0 Å². The van der Waals surface area contributed by atoms with Gasteiger partial charge in [0.2, 0.25) is 0 Å². The number of halogens is 2. The second-order valence-electron chi connectivity index (χ2n) is 4.90. The lowest BCUT2D eigenvalue weighted by Crippen LogP contribution is -2.09. The molecule has 5 heteroatoms. The predicted molar refractivity (Wildman–Crippen MR) is 93.0 cm³/mol. The number of nitrogens with one attached hydrogen (secondary N) is 1. The molecule has 0 unspecified atom stereocenters. The standard InChI is InChI=1S/C16H19FIN3/c1-4-8-19-16-14(18)13(5-2)20-15(21-16)12-7-6-11(17)9-10(12)3/h6-7,9H,4-5,8H2,1-3H3,(H,19,20,21). The maximum absolute atomic E-state index is 13.3. The van der Waals surface area contributed by atoms with Crippen molar-refractivity contribution >= 4 is 28.4 Å². The zero-order chi connectivity index (χ0) is 15.4. The van der Waals surface area contributed by atoms with Crippen molar-refractivity contribution in [2.45, 2.75) is 33.6 Å². The molecule has 0 atom stereocenters. The van der Waals surface area contributed by atoms with Crippen LogP contribution in [0.4, 0.5) is 10.2 Å². The van der Waals surface area contributed by atoms with Gasteiger partial charge in [-0.2, -0.15) is 0 Å². The highest BCUT2D eigenvalue weighted by Crippen LogP contribution is 2.26. The fourth-order valence-corrected chi connectivity index (χ4v) is 2.90. The van der Waals surface area contributed by atoms with Crippen molar-refractivity contribution in [2.24, 2.45) is 0 Å². The molecule has 0 saturated heterocycles. The Morgan fingerprint density at radius 2 is 2.00 bits per heavy atom. The van der Waals surface area contributed by atoms with Crippen molar-refractivity contribution in [3.05, 3.63) is 38.8 Å². The van der Waals surface area contributed by atoms with E-state index in [9.17, 15) is 4.39 Å². The predicted octanol–water partition coefficient (Wildman–Crippen LogP) is 4.58. The average molecular weight is 399 g/mol. The summed E-state index contributed by atoms with van der Waals surface area (Å²) in [5.41, 5.74) is 2.74. The van der Waals surface area contributed by atoms with Crippen LogP contribution in [0.1, 0.15) is 31.5 Å². The minimum absolute atomic E-state index is 0.234. The van der Waals surface area contributed by atoms with Gasteiger partial charge in [0.05, 0.1) is 9.26 Å². The molecule has 2 aromatic rings. The second-order valence-corrected chi connectivity index (χ2v) is 5.97. The molecule has 0 aliphatic rings. The molecule has 0 spiro atoms. The highest BCUT2D eigenvalue weighted by Gasteiger charge is 2.13. The zero-order valence-electron chi connectivity index (χ0n) is 12.5. The van der Waals surface area contributed by atoms with Crippen molar-refractivity contribution in [2.75, 3.05) is 11.9 Å². The van der Waals surface area contributed by atoms with Gasteiger partial charge in [0.15, 0.2) is 5.82 Å². The zero-order valence-corrected chi connectivity index (χ0v) is 14.7. The van der Waals surface area contributed by atoms with Crippen LogP contribution in [0.15, 0.2) is 18.2 Å². The summed E-state index contributed by atoms with van der Waals surface area (Å²) in [6, 6.07) is 4.71. The molecular weight excluding hydrogens is 380 g/mol. The molecule has 1 heterocycles. The number of hydrogen-bond donors (Lipinski definition) is 1. The highest BCUT2D eigenvalue weighted by atomic mass is 127. The van der Waals surface area contributed by atoms with Crippen LogP contribution in [-0.2, 0) is 6.42 Å². The number of anilines is 1. The first-order chi connectivity index (χ1) is 10.1. The average Bonchev–Trinajstić information content (AvgIpc) is 2.46. The van der Waals surface area contributed by atoms with Gasteiger partial charge in [0.1, 0.15) is 11.6 Å². The lowest BCUT2D eigenvalue weighted by atomic mass is 10.1. The van der Waals surface area contributed by atoms with Crippen LogP contribution >= 0.6 is 22.6 Å². The lowest BCUT2D eigenvalue weighted by Gasteiger charge is -2.13. The first kappa shape index (κ1) is 16.1. The van der Waals surface area contributed by atoms with Crippen molar-refractivity contribution in [1.29, 1.82) is 0 Å². The first-order valence-electron chi connectivity index (χ1n) is 7.13. The van der Waals surface area contributed by atoms with Crippen LogP contribution in [-0.4, -0.2) is 16.5 Å². The Bertz CT molecular complexity index is 644. The van der Waals surface area contributed by atoms with E-state index >= 15 is 0 Å². The first-order valence-corrected chi connectivity index (χ1v) is 8.21. The van der Waals surface area contributed by atoms with Crippen LogP contribution in [0.3, 0.4) is 0 Å². The molecule has 0 amide bonds. The van der Waals surface area contributed by atoms with Crippen molar-refractivity contribution < 1.29 is 4.39 Å². The van der Waals surface area contributed by atoms with Gasteiger partial charge < -0.3 is 5.32 Å². The summed E-state index contributed by atoms with van der Waals surface area (Å²) < 4.78 is 14.3. The SMILES string of the molecule is CCCNc1nc(-c2ccc(F)cc2C)nc(CC)c1I. The molecule has 2 rings (SSSR count). The summed E-state index contributed by atoms with van der Waals surface area (Å²) in [6.07, 6.45) is 1.88. The molecule has 1 aromatic heterocycles. The Labute approximate surface area is 138 Å². The molecule has 1 aromatic carbocycles. The Balaban J connectivity index is 2.52. The second kappa shape index (κ2) is 7.15. The summed E-state index contributed by atoms with van der Waals surface area (Å²) >= 11 is 2.28. The maximum Gasteiger partial charge on any atom is 0.162 e. The number of hydrogen-bond acceptors (Lipinski definition) is 3. The molecule has 0 fully saturated rings. The van der Waals surface area contributed by atoms with Gasteiger partial charge in [-0.05, 0) is 66.1 Å². The normalized spacial score (nSPS) is 10.7. The van der Waals surface area contributed by atoms with E-state index in [4.69, 9.17) is 0 Å². The van der Waals surface area contributed by atoms with Gasteiger partial charge >= 0.3 is 0 Å². The minimum atomic E-state index is -0.234. The molecule has 21 heavy (non-hydrogen) atoms. The van der Waals surface area contributed by atoms with E-state index in [0.29, 0.717) is 5.82 Å². The van der Waals surface area contributed by atoms with Crippen LogP contribution in [0.25, 0.3) is 11.4 Å². The molecule has 1 N–H and O–H groups in total. The van der Waals surface area contributed by atoms with E-state index in [2.05, 4.69) is 51.7 Å². The lowest BCUT2D eigenvalue weighted by molar-refractivity contribution is 0.627. The third-order valence-corrected chi connectivity index (χ3v) is 4.36. The molecule has 0 bridgehead atoms. The van der Waals surface area contributed by atoms with Crippen LogP contribution < -0.4 is 5.32 Å². The summed E-state index contributed by atoms with van der Waals surface area (Å²) in [5, 5.41) is 3.35. The molecular formula is C16H19FIN3. The van der Waals surface area contributed by atoms with Gasteiger partial charge in [-0.1, -0.05) is 13.8 Å². The van der Waals surface area contributed by atoms with Crippen molar-refractivity contribution in [3.8, 4) is 11.4 Å². The van der Waals surface area contributed by atoms with Gasteiger partial charge in [0, 0.05) is 12.1 Å². The molecule has 0 saturated carbocycles. The highest BCUT2D eigenvalue weighted by molar-refractivity contribution is 14.1. The summed E-state index contributed by atoms with van der Waals surface area (Å²) in [5.74, 6) is 1.29. The Hall–Kier alpha value is -1.24. The van der Waals surface area contributed by atoms with E-state index in [1.807, 2.05) is 6.92 Å². The third kappa shape index (κ3) is 3.70. The molecule has 0 aliphatic carbocycles. The van der Waals surface area contributed by atoms with Crippen LogP contribution in [0.2, 0.25) is 0 Å². The fraction of sp³-hybridized carbons (Fsp3) is 0.375. The number of rotatable bonds is 5. The largest absolute Gasteiger partial charge is 0.369 e. The summed E-state index contributed by atoms with van der Waals surface area (Å²) in [6.45, 7) is 6.95. The summed E-state index contributed by atoms with van der Waals surface area (Å²) in [7, 11) is 0. The molecule has 0 radical (unpaired) electrons.